The topological polar surface area (TPSA) is 51.2 Å². The Balaban J connectivity index is 2.44. The number of methoxy groups -OCH3 is 1. The summed E-state index contributed by atoms with van der Waals surface area (Å²) in [5.74, 6) is -0.296. The standard InChI is InChI=1S/C13H14N2O2/c1-14-12(13(16)17-2)10-5-6-11-9(8-10)4-3-7-15-11/h3-8,12,14H,1-2H3. The molecule has 1 aromatic heterocycles. The Labute approximate surface area is 99.6 Å². The number of rotatable bonds is 3. The summed E-state index contributed by atoms with van der Waals surface area (Å²) in [6, 6.07) is 9.13. The number of hydrogen-bond donors (Lipinski definition) is 1. The van der Waals surface area contributed by atoms with Crippen molar-refractivity contribution in [3.63, 3.8) is 0 Å². The van der Waals surface area contributed by atoms with Gasteiger partial charge >= 0.3 is 5.97 Å². The van der Waals surface area contributed by atoms with Gasteiger partial charge in [-0.2, -0.15) is 0 Å². The van der Waals surface area contributed by atoms with E-state index < -0.39 is 6.04 Å². The molecule has 0 aliphatic heterocycles. The summed E-state index contributed by atoms with van der Waals surface area (Å²) in [6.07, 6.45) is 1.75. The Morgan fingerprint density at radius 1 is 1.41 bits per heavy atom. The summed E-state index contributed by atoms with van der Waals surface area (Å²) in [4.78, 5) is 15.8. The molecular formula is C13H14N2O2. The van der Waals surface area contributed by atoms with E-state index in [9.17, 15) is 4.79 Å². The number of hydrogen-bond acceptors (Lipinski definition) is 4. The van der Waals surface area contributed by atoms with E-state index in [-0.39, 0.29) is 5.97 Å². The van der Waals surface area contributed by atoms with Gasteiger partial charge in [-0.15, -0.1) is 0 Å². The molecule has 0 radical (unpaired) electrons. The third-order valence-corrected chi connectivity index (χ3v) is 2.69. The molecule has 4 heteroatoms. The van der Waals surface area contributed by atoms with Crippen molar-refractivity contribution >= 4 is 16.9 Å². The lowest BCUT2D eigenvalue weighted by Crippen LogP contribution is -2.26. The molecule has 17 heavy (non-hydrogen) atoms. The largest absolute Gasteiger partial charge is 0.468 e. The average molecular weight is 230 g/mol. The molecule has 1 N–H and O–H groups in total. The Hall–Kier alpha value is -1.94. The van der Waals surface area contributed by atoms with Crippen LogP contribution in [0.4, 0.5) is 0 Å². The van der Waals surface area contributed by atoms with E-state index in [2.05, 4.69) is 10.3 Å². The number of ether oxygens (including phenoxy) is 1. The molecule has 0 aliphatic carbocycles. The van der Waals surface area contributed by atoms with Crippen LogP contribution in [0, 0.1) is 0 Å². The molecule has 0 amide bonds. The molecule has 0 spiro atoms. The lowest BCUT2D eigenvalue weighted by molar-refractivity contribution is -0.143. The highest BCUT2D eigenvalue weighted by Crippen LogP contribution is 2.19. The number of aromatic nitrogens is 1. The van der Waals surface area contributed by atoms with Gasteiger partial charge in [-0.25, -0.2) is 4.79 Å². The van der Waals surface area contributed by atoms with Gasteiger partial charge in [-0.3, -0.25) is 4.98 Å². The van der Waals surface area contributed by atoms with E-state index in [1.54, 1.807) is 13.2 Å². The number of nitrogens with one attached hydrogen (secondary N) is 1. The SMILES string of the molecule is CNC(C(=O)OC)c1ccc2ncccc2c1. The minimum atomic E-state index is -0.440. The zero-order chi connectivity index (χ0) is 12.3. The maximum absolute atomic E-state index is 11.6. The molecule has 2 rings (SSSR count). The van der Waals surface area contributed by atoms with Crippen LogP contribution in [0.5, 0.6) is 0 Å². The highest BCUT2D eigenvalue weighted by atomic mass is 16.5. The number of fused-ring (bicyclic) bond motifs is 1. The molecule has 0 aliphatic rings. The molecule has 4 nitrogen and oxygen atoms in total. The predicted molar refractivity (Wildman–Crippen MR) is 65.6 cm³/mol. The molecule has 1 atom stereocenters. The van der Waals surface area contributed by atoms with Crippen molar-refractivity contribution in [2.24, 2.45) is 0 Å². The van der Waals surface area contributed by atoms with Crippen LogP contribution in [0.1, 0.15) is 11.6 Å². The Kier molecular flexibility index (Phi) is 3.35. The first-order chi connectivity index (χ1) is 8.26. The molecule has 1 unspecified atom stereocenters. The number of likely N-dealkylation sites (N-methyl/N-ethyl adjacent to an activating group) is 1. The highest BCUT2D eigenvalue weighted by molar-refractivity contribution is 5.83. The van der Waals surface area contributed by atoms with Gasteiger partial charge < -0.3 is 10.1 Å². The maximum atomic E-state index is 11.6. The van der Waals surface area contributed by atoms with E-state index in [1.807, 2.05) is 30.3 Å². The lowest BCUT2D eigenvalue weighted by atomic mass is 10.0. The van der Waals surface area contributed by atoms with E-state index in [1.165, 1.54) is 7.11 Å². The van der Waals surface area contributed by atoms with Gasteiger partial charge in [-0.1, -0.05) is 12.1 Å². The van der Waals surface area contributed by atoms with E-state index in [0.717, 1.165) is 16.5 Å². The summed E-state index contributed by atoms with van der Waals surface area (Å²) >= 11 is 0. The summed E-state index contributed by atoms with van der Waals surface area (Å²) in [5.41, 5.74) is 1.79. The minimum absolute atomic E-state index is 0.296. The lowest BCUT2D eigenvalue weighted by Gasteiger charge is -2.14. The van der Waals surface area contributed by atoms with Gasteiger partial charge in [0.15, 0.2) is 0 Å². The van der Waals surface area contributed by atoms with Crippen molar-refractivity contribution in [3.8, 4) is 0 Å². The predicted octanol–water partition coefficient (Wildman–Crippen LogP) is 1.67. The van der Waals surface area contributed by atoms with E-state index in [4.69, 9.17) is 4.74 Å². The molecule has 2 aromatic rings. The van der Waals surface area contributed by atoms with Crippen LogP contribution in [0.15, 0.2) is 36.5 Å². The van der Waals surface area contributed by atoms with Crippen molar-refractivity contribution in [2.45, 2.75) is 6.04 Å². The average Bonchev–Trinajstić information content (AvgIpc) is 2.39. The Morgan fingerprint density at radius 3 is 2.94 bits per heavy atom. The highest BCUT2D eigenvalue weighted by Gasteiger charge is 2.19. The number of carbonyl (C=O) groups is 1. The van der Waals surface area contributed by atoms with Crippen LogP contribution >= 0.6 is 0 Å². The van der Waals surface area contributed by atoms with Crippen LogP contribution in [0.3, 0.4) is 0 Å². The second-order valence-corrected chi connectivity index (χ2v) is 3.70. The second-order valence-electron chi connectivity index (χ2n) is 3.70. The van der Waals surface area contributed by atoms with Crippen LogP contribution in [-0.4, -0.2) is 25.1 Å². The molecule has 88 valence electrons. The van der Waals surface area contributed by atoms with Crippen LogP contribution < -0.4 is 5.32 Å². The molecule has 1 heterocycles. The Morgan fingerprint density at radius 2 is 2.24 bits per heavy atom. The number of nitrogens with zero attached hydrogens (tertiary/aromatic N) is 1. The molecule has 0 fully saturated rings. The Bertz CT molecular complexity index is 540. The number of benzene rings is 1. The van der Waals surface area contributed by atoms with Gasteiger partial charge in [0.05, 0.1) is 12.6 Å². The fraction of sp³-hybridized carbons (Fsp3) is 0.231. The van der Waals surface area contributed by atoms with Crippen molar-refractivity contribution < 1.29 is 9.53 Å². The zero-order valence-corrected chi connectivity index (χ0v) is 9.81. The minimum Gasteiger partial charge on any atom is -0.468 e. The number of carbonyl (C=O) groups excluding carboxylic acids is 1. The smallest absolute Gasteiger partial charge is 0.327 e. The fourth-order valence-electron chi connectivity index (χ4n) is 1.81. The molecule has 0 saturated carbocycles. The van der Waals surface area contributed by atoms with E-state index in [0.29, 0.717) is 0 Å². The summed E-state index contributed by atoms with van der Waals surface area (Å²) < 4.78 is 4.75. The van der Waals surface area contributed by atoms with Crippen molar-refractivity contribution in [1.29, 1.82) is 0 Å². The quantitative estimate of drug-likeness (QED) is 0.815. The maximum Gasteiger partial charge on any atom is 0.327 e. The third kappa shape index (κ3) is 2.26. The molecule has 0 bridgehead atoms. The van der Waals surface area contributed by atoms with Crippen LogP contribution in [-0.2, 0) is 9.53 Å². The van der Waals surface area contributed by atoms with E-state index >= 15 is 0 Å². The van der Waals surface area contributed by atoms with Crippen molar-refractivity contribution in [2.75, 3.05) is 14.2 Å². The summed E-state index contributed by atoms with van der Waals surface area (Å²) in [6.45, 7) is 0. The third-order valence-electron chi connectivity index (χ3n) is 2.69. The van der Waals surface area contributed by atoms with Gasteiger partial charge in [0.1, 0.15) is 6.04 Å². The molecular weight excluding hydrogens is 216 g/mol. The van der Waals surface area contributed by atoms with Crippen molar-refractivity contribution in [1.82, 2.24) is 10.3 Å². The van der Waals surface area contributed by atoms with Gasteiger partial charge in [-0.05, 0) is 30.8 Å². The molecule has 0 saturated heterocycles. The first-order valence-electron chi connectivity index (χ1n) is 5.36. The van der Waals surface area contributed by atoms with Crippen molar-refractivity contribution in [3.05, 3.63) is 42.1 Å². The first-order valence-corrected chi connectivity index (χ1v) is 5.36. The number of pyridine rings is 1. The fourth-order valence-corrected chi connectivity index (χ4v) is 1.81. The zero-order valence-electron chi connectivity index (χ0n) is 9.81. The van der Waals surface area contributed by atoms with Crippen LogP contribution in [0.25, 0.3) is 10.9 Å². The van der Waals surface area contributed by atoms with Gasteiger partial charge in [0, 0.05) is 11.6 Å². The normalized spacial score (nSPS) is 12.4. The summed E-state index contributed by atoms with van der Waals surface area (Å²) in [5, 5.41) is 3.95. The first kappa shape index (κ1) is 11.5. The molecule has 1 aromatic carbocycles. The van der Waals surface area contributed by atoms with Gasteiger partial charge in [0.2, 0.25) is 0 Å². The summed E-state index contributed by atoms with van der Waals surface area (Å²) in [7, 11) is 3.12. The monoisotopic (exact) mass is 230 g/mol. The second kappa shape index (κ2) is 4.93. The van der Waals surface area contributed by atoms with Crippen LogP contribution in [0.2, 0.25) is 0 Å². The van der Waals surface area contributed by atoms with Gasteiger partial charge in [0.25, 0.3) is 0 Å². The number of esters is 1.